The standard InChI is InChI=1S/C11H11NO6/c1-17-11(16)12-9(13)6-18-8-4-2-7(3-5-8)10(14)15/h2-5H,6H2,1H3,(H,14,15)(H,12,13,16). The summed E-state index contributed by atoms with van der Waals surface area (Å²) in [6, 6.07) is 5.51. The average molecular weight is 253 g/mol. The fraction of sp³-hybridized carbons (Fsp3) is 0.182. The Hall–Kier alpha value is -2.57. The molecule has 0 aromatic heterocycles. The smallest absolute Gasteiger partial charge is 0.413 e. The Labute approximate surface area is 102 Å². The van der Waals surface area contributed by atoms with E-state index >= 15 is 0 Å². The van der Waals surface area contributed by atoms with Gasteiger partial charge in [-0.2, -0.15) is 0 Å². The number of alkyl carbamates (subject to hydrolysis) is 1. The highest BCUT2D eigenvalue weighted by Crippen LogP contribution is 2.11. The Kier molecular flexibility index (Phi) is 4.67. The minimum atomic E-state index is -1.05. The SMILES string of the molecule is COC(=O)NC(=O)COc1ccc(C(=O)O)cc1. The fourth-order valence-electron chi connectivity index (χ4n) is 1.04. The lowest BCUT2D eigenvalue weighted by Crippen LogP contribution is -2.34. The Morgan fingerprint density at radius 1 is 1.22 bits per heavy atom. The maximum atomic E-state index is 11.1. The number of hydrogen-bond acceptors (Lipinski definition) is 5. The quantitative estimate of drug-likeness (QED) is 0.816. The van der Waals surface area contributed by atoms with Gasteiger partial charge in [0.2, 0.25) is 0 Å². The number of amides is 2. The number of benzene rings is 1. The third-order valence-electron chi connectivity index (χ3n) is 1.90. The lowest BCUT2D eigenvalue weighted by atomic mass is 10.2. The molecule has 0 aliphatic carbocycles. The molecule has 1 rings (SSSR count). The van der Waals surface area contributed by atoms with Crippen molar-refractivity contribution in [3.8, 4) is 5.75 Å². The van der Waals surface area contributed by atoms with E-state index in [2.05, 4.69) is 4.74 Å². The van der Waals surface area contributed by atoms with Gasteiger partial charge in [0.25, 0.3) is 5.91 Å². The van der Waals surface area contributed by atoms with Crippen LogP contribution in [0.3, 0.4) is 0 Å². The number of nitrogens with one attached hydrogen (secondary N) is 1. The Morgan fingerprint density at radius 2 is 1.83 bits per heavy atom. The van der Waals surface area contributed by atoms with E-state index < -0.39 is 18.0 Å². The van der Waals surface area contributed by atoms with Crippen LogP contribution in [-0.4, -0.2) is 36.8 Å². The molecule has 0 radical (unpaired) electrons. The van der Waals surface area contributed by atoms with Crippen molar-refractivity contribution in [1.82, 2.24) is 5.32 Å². The van der Waals surface area contributed by atoms with E-state index in [9.17, 15) is 14.4 Å². The lowest BCUT2D eigenvalue weighted by Gasteiger charge is -2.06. The van der Waals surface area contributed by atoms with Gasteiger partial charge in [-0.3, -0.25) is 10.1 Å². The number of carboxylic acid groups (broad SMARTS) is 1. The number of rotatable bonds is 4. The van der Waals surface area contributed by atoms with Crippen molar-refractivity contribution in [2.45, 2.75) is 0 Å². The van der Waals surface area contributed by atoms with Gasteiger partial charge in [-0.25, -0.2) is 9.59 Å². The molecule has 96 valence electrons. The van der Waals surface area contributed by atoms with Crippen LogP contribution in [0.5, 0.6) is 5.75 Å². The molecule has 1 aromatic carbocycles. The van der Waals surface area contributed by atoms with Crippen molar-refractivity contribution in [3.05, 3.63) is 29.8 Å². The van der Waals surface area contributed by atoms with E-state index in [1.807, 2.05) is 5.32 Å². The van der Waals surface area contributed by atoms with E-state index in [0.717, 1.165) is 7.11 Å². The zero-order valence-corrected chi connectivity index (χ0v) is 9.50. The van der Waals surface area contributed by atoms with Gasteiger partial charge in [-0.15, -0.1) is 0 Å². The second kappa shape index (κ2) is 6.24. The van der Waals surface area contributed by atoms with Crippen molar-refractivity contribution in [2.75, 3.05) is 13.7 Å². The first-order valence-corrected chi connectivity index (χ1v) is 4.87. The third kappa shape index (κ3) is 4.12. The molecule has 0 atom stereocenters. The zero-order chi connectivity index (χ0) is 13.5. The predicted molar refractivity (Wildman–Crippen MR) is 59.4 cm³/mol. The molecule has 0 fully saturated rings. The van der Waals surface area contributed by atoms with Gasteiger partial charge in [-0.1, -0.05) is 0 Å². The molecule has 18 heavy (non-hydrogen) atoms. The molecule has 0 spiro atoms. The number of carbonyl (C=O) groups excluding carboxylic acids is 2. The maximum Gasteiger partial charge on any atom is 0.413 e. The summed E-state index contributed by atoms with van der Waals surface area (Å²) in [5.74, 6) is -1.39. The highest BCUT2D eigenvalue weighted by atomic mass is 16.5. The van der Waals surface area contributed by atoms with Crippen molar-refractivity contribution in [1.29, 1.82) is 0 Å². The second-order valence-electron chi connectivity index (χ2n) is 3.16. The number of aromatic carboxylic acids is 1. The summed E-state index contributed by atoms with van der Waals surface area (Å²) in [5.41, 5.74) is 0.112. The number of hydrogen-bond donors (Lipinski definition) is 2. The molecular formula is C11H11NO6. The predicted octanol–water partition coefficient (Wildman–Crippen LogP) is 0.646. The summed E-state index contributed by atoms with van der Waals surface area (Å²) in [6.45, 7) is -0.373. The molecule has 0 saturated carbocycles. The number of carbonyl (C=O) groups is 3. The molecule has 0 aliphatic rings. The van der Waals surface area contributed by atoms with Crippen LogP contribution >= 0.6 is 0 Å². The van der Waals surface area contributed by atoms with Crippen LogP contribution in [0.4, 0.5) is 4.79 Å². The number of imide groups is 1. The third-order valence-corrected chi connectivity index (χ3v) is 1.90. The largest absolute Gasteiger partial charge is 0.484 e. The first-order valence-electron chi connectivity index (χ1n) is 4.87. The number of carboxylic acids is 1. The van der Waals surface area contributed by atoms with Crippen LogP contribution in [0.1, 0.15) is 10.4 Å². The number of methoxy groups -OCH3 is 1. The molecule has 7 heteroatoms. The highest BCUT2D eigenvalue weighted by molar-refractivity contribution is 5.92. The van der Waals surface area contributed by atoms with Gasteiger partial charge < -0.3 is 14.6 Å². The Morgan fingerprint density at radius 3 is 2.33 bits per heavy atom. The van der Waals surface area contributed by atoms with Crippen molar-refractivity contribution < 1.29 is 29.0 Å². The summed E-state index contributed by atoms with van der Waals surface area (Å²) in [6.07, 6.45) is -0.871. The molecular weight excluding hydrogens is 242 g/mol. The molecule has 0 aliphatic heterocycles. The van der Waals surface area contributed by atoms with Crippen LogP contribution in [0, 0.1) is 0 Å². The van der Waals surface area contributed by atoms with E-state index in [1.165, 1.54) is 24.3 Å². The van der Waals surface area contributed by atoms with E-state index in [1.54, 1.807) is 0 Å². The summed E-state index contributed by atoms with van der Waals surface area (Å²) in [4.78, 5) is 32.4. The zero-order valence-electron chi connectivity index (χ0n) is 9.50. The highest BCUT2D eigenvalue weighted by Gasteiger charge is 2.08. The van der Waals surface area contributed by atoms with E-state index in [-0.39, 0.29) is 12.2 Å². The molecule has 1 aromatic rings. The minimum absolute atomic E-state index is 0.112. The summed E-state index contributed by atoms with van der Waals surface area (Å²) in [5, 5.41) is 10.6. The monoisotopic (exact) mass is 253 g/mol. The molecule has 7 nitrogen and oxygen atoms in total. The van der Waals surface area contributed by atoms with Crippen LogP contribution in [0.25, 0.3) is 0 Å². The van der Waals surface area contributed by atoms with E-state index in [0.29, 0.717) is 5.75 Å². The Bertz CT molecular complexity index is 453. The van der Waals surface area contributed by atoms with Crippen LogP contribution in [0.15, 0.2) is 24.3 Å². The van der Waals surface area contributed by atoms with Crippen molar-refractivity contribution in [2.24, 2.45) is 0 Å². The molecule has 0 heterocycles. The summed E-state index contributed by atoms with van der Waals surface area (Å²) < 4.78 is 9.26. The molecule has 2 N–H and O–H groups in total. The fourth-order valence-corrected chi connectivity index (χ4v) is 1.04. The van der Waals surface area contributed by atoms with E-state index in [4.69, 9.17) is 9.84 Å². The second-order valence-corrected chi connectivity index (χ2v) is 3.16. The van der Waals surface area contributed by atoms with Crippen molar-refractivity contribution in [3.63, 3.8) is 0 Å². The van der Waals surface area contributed by atoms with Crippen LogP contribution < -0.4 is 10.1 Å². The first kappa shape index (κ1) is 13.5. The Balaban J connectivity index is 2.46. The normalized spacial score (nSPS) is 9.39. The van der Waals surface area contributed by atoms with Gasteiger partial charge in [0.1, 0.15) is 5.75 Å². The summed E-state index contributed by atoms with van der Waals surface area (Å²) in [7, 11) is 1.13. The molecule has 0 saturated heterocycles. The van der Waals surface area contributed by atoms with Crippen LogP contribution in [-0.2, 0) is 9.53 Å². The lowest BCUT2D eigenvalue weighted by molar-refractivity contribution is -0.122. The molecule has 2 amide bonds. The van der Waals surface area contributed by atoms with Gasteiger partial charge in [0.05, 0.1) is 12.7 Å². The number of ether oxygens (including phenoxy) is 2. The molecule has 0 bridgehead atoms. The van der Waals surface area contributed by atoms with Gasteiger partial charge >= 0.3 is 12.1 Å². The molecule has 0 unspecified atom stereocenters. The first-order chi connectivity index (χ1) is 8.52. The van der Waals surface area contributed by atoms with Gasteiger partial charge in [0, 0.05) is 0 Å². The average Bonchev–Trinajstić information content (AvgIpc) is 2.36. The van der Waals surface area contributed by atoms with Gasteiger partial charge in [0.15, 0.2) is 6.61 Å². The minimum Gasteiger partial charge on any atom is -0.484 e. The summed E-state index contributed by atoms with van der Waals surface area (Å²) >= 11 is 0. The van der Waals surface area contributed by atoms with Gasteiger partial charge in [-0.05, 0) is 24.3 Å². The maximum absolute atomic E-state index is 11.1. The topological polar surface area (TPSA) is 102 Å². The van der Waals surface area contributed by atoms with Crippen LogP contribution in [0.2, 0.25) is 0 Å². The van der Waals surface area contributed by atoms with Crippen molar-refractivity contribution >= 4 is 18.0 Å².